The standard InChI is InChI=1S/C10H11F3N2O5S/c1-21(19,20)7-4-2-3-6(9(7)15(17)18)14-5-8(16)10(11,12)13/h2-4,8,14,16H,5H2,1H3. The van der Waals surface area contributed by atoms with Crippen molar-refractivity contribution >= 4 is 21.2 Å². The molecule has 0 fully saturated rings. The van der Waals surface area contributed by atoms with Crippen molar-refractivity contribution in [1.29, 1.82) is 0 Å². The highest BCUT2D eigenvalue weighted by atomic mass is 32.2. The van der Waals surface area contributed by atoms with E-state index in [1.165, 1.54) is 0 Å². The first kappa shape index (κ1) is 17.2. The molecule has 1 unspecified atom stereocenters. The summed E-state index contributed by atoms with van der Waals surface area (Å²) in [7, 11) is -3.93. The van der Waals surface area contributed by atoms with Crippen LogP contribution in [0.5, 0.6) is 0 Å². The van der Waals surface area contributed by atoms with E-state index < -0.39 is 49.9 Å². The first-order valence-corrected chi connectivity index (χ1v) is 7.30. The Bertz CT molecular complexity index is 645. The summed E-state index contributed by atoms with van der Waals surface area (Å²) >= 11 is 0. The van der Waals surface area contributed by atoms with Crippen LogP contribution in [-0.2, 0) is 9.84 Å². The second-order valence-electron chi connectivity index (χ2n) is 4.12. The van der Waals surface area contributed by atoms with Crippen molar-refractivity contribution in [2.45, 2.75) is 17.2 Å². The fraction of sp³-hybridized carbons (Fsp3) is 0.400. The Hall–Kier alpha value is -1.88. The number of hydrogen-bond acceptors (Lipinski definition) is 6. The second kappa shape index (κ2) is 5.85. The maximum absolute atomic E-state index is 12.2. The van der Waals surface area contributed by atoms with E-state index in [2.05, 4.69) is 0 Å². The highest BCUT2D eigenvalue weighted by Gasteiger charge is 2.38. The number of nitro groups is 1. The molecule has 0 aliphatic rings. The van der Waals surface area contributed by atoms with Gasteiger partial charge in [-0.05, 0) is 12.1 Å². The van der Waals surface area contributed by atoms with E-state index in [9.17, 15) is 31.7 Å². The Balaban J connectivity index is 3.17. The molecule has 0 aliphatic heterocycles. The molecule has 118 valence electrons. The smallest absolute Gasteiger partial charge is 0.382 e. The zero-order valence-electron chi connectivity index (χ0n) is 10.6. The number of nitrogens with one attached hydrogen (secondary N) is 1. The minimum atomic E-state index is -4.89. The molecule has 0 aliphatic carbocycles. The number of alkyl halides is 3. The first-order valence-electron chi connectivity index (χ1n) is 5.40. The lowest BCUT2D eigenvalue weighted by Crippen LogP contribution is -2.35. The zero-order chi connectivity index (χ0) is 16.4. The molecule has 1 aromatic rings. The summed E-state index contributed by atoms with van der Waals surface area (Å²) in [5.41, 5.74) is -1.29. The summed E-state index contributed by atoms with van der Waals surface area (Å²) in [5, 5.41) is 21.8. The van der Waals surface area contributed by atoms with Gasteiger partial charge in [0.1, 0.15) is 10.6 Å². The minimum Gasteiger partial charge on any atom is -0.382 e. The molecule has 1 aromatic carbocycles. The highest BCUT2D eigenvalue weighted by Crippen LogP contribution is 2.32. The quantitative estimate of drug-likeness (QED) is 0.623. The van der Waals surface area contributed by atoms with Crippen LogP contribution in [0.1, 0.15) is 0 Å². The predicted octanol–water partition coefficient (Wildman–Crippen LogP) is 1.33. The number of hydrogen-bond donors (Lipinski definition) is 2. The van der Waals surface area contributed by atoms with Gasteiger partial charge >= 0.3 is 11.9 Å². The van der Waals surface area contributed by atoms with E-state index >= 15 is 0 Å². The Morgan fingerprint density at radius 1 is 1.43 bits per heavy atom. The van der Waals surface area contributed by atoms with E-state index in [1.807, 2.05) is 5.32 Å². The molecule has 0 heterocycles. The van der Waals surface area contributed by atoms with Crippen LogP contribution in [0.25, 0.3) is 0 Å². The summed E-state index contributed by atoms with van der Waals surface area (Å²) < 4.78 is 59.4. The van der Waals surface area contributed by atoms with Gasteiger partial charge in [0.25, 0.3) is 0 Å². The maximum atomic E-state index is 12.2. The molecule has 0 radical (unpaired) electrons. The van der Waals surface area contributed by atoms with Crippen LogP contribution in [0.4, 0.5) is 24.5 Å². The molecule has 21 heavy (non-hydrogen) atoms. The van der Waals surface area contributed by atoms with Crippen molar-refractivity contribution in [3.8, 4) is 0 Å². The average Bonchev–Trinajstić information content (AvgIpc) is 2.32. The number of nitrogens with zero attached hydrogens (tertiary/aromatic N) is 1. The molecule has 0 spiro atoms. The molecule has 0 bridgehead atoms. The van der Waals surface area contributed by atoms with Crippen LogP contribution in [0.15, 0.2) is 23.1 Å². The largest absolute Gasteiger partial charge is 0.416 e. The molecule has 11 heteroatoms. The Labute approximate surface area is 117 Å². The van der Waals surface area contributed by atoms with Crippen LogP contribution in [0.3, 0.4) is 0 Å². The van der Waals surface area contributed by atoms with Crippen LogP contribution in [-0.4, -0.2) is 43.5 Å². The number of benzene rings is 1. The molecule has 2 N–H and O–H groups in total. The van der Waals surface area contributed by atoms with Crippen molar-refractivity contribution in [3.63, 3.8) is 0 Å². The number of anilines is 1. The average molecular weight is 328 g/mol. The third-order valence-corrected chi connectivity index (χ3v) is 3.57. The van der Waals surface area contributed by atoms with Gasteiger partial charge in [0.2, 0.25) is 0 Å². The van der Waals surface area contributed by atoms with Crippen molar-refractivity contribution in [2.24, 2.45) is 0 Å². The van der Waals surface area contributed by atoms with Gasteiger partial charge in [-0.1, -0.05) is 6.07 Å². The molecule has 0 saturated heterocycles. The third-order valence-electron chi connectivity index (χ3n) is 2.44. The normalized spacial score (nSPS) is 13.8. The van der Waals surface area contributed by atoms with Gasteiger partial charge < -0.3 is 10.4 Å². The third kappa shape index (κ3) is 4.29. The Morgan fingerprint density at radius 2 is 2.00 bits per heavy atom. The van der Waals surface area contributed by atoms with Gasteiger partial charge in [-0.15, -0.1) is 0 Å². The lowest BCUT2D eigenvalue weighted by atomic mass is 10.2. The van der Waals surface area contributed by atoms with Crippen molar-refractivity contribution in [1.82, 2.24) is 0 Å². The monoisotopic (exact) mass is 328 g/mol. The fourth-order valence-corrected chi connectivity index (χ4v) is 2.34. The fourth-order valence-electron chi connectivity index (χ4n) is 1.47. The van der Waals surface area contributed by atoms with E-state index in [0.29, 0.717) is 0 Å². The molecule has 1 atom stereocenters. The maximum Gasteiger partial charge on any atom is 0.416 e. The van der Waals surface area contributed by atoms with Crippen LogP contribution in [0.2, 0.25) is 0 Å². The van der Waals surface area contributed by atoms with Crippen molar-refractivity contribution < 1.29 is 31.6 Å². The van der Waals surface area contributed by atoms with E-state index in [1.54, 1.807) is 0 Å². The molecule has 0 amide bonds. The van der Waals surface area contributed by atoms with Gasteiger partial charge in [-0.3, -0.25) is 10.1 Å². The summed E-state index contributed by atoms with van der Waals surface area (Å²) in [4.78, 5) is 9.31. The molecule has 1 rings (SSSR count). The number of aliphatic hydroxyl groups is 1. The zero-order valence-corrected chi connectivity index (χ0v) is 11.4. The number of nitro benzene ring substituents is 1. The predicted molar refractivity (Wildman–Crippen MR) is 66.8 cm³/mol. The summed E-state index contributed by atoms with van der Waals surface area (Å²) in [6.07, 6.45) is -6.89. The van der Waals surface area contributed by atoms with Crippen molar-refractivity contribution in [2.75, 3.05) is 18.1 Å². The van der Waals surface area contributed by atoms with Crippen LogP contribution >= 0.6 is 0 Å². The number of para-hydroxylation sites is 1. The number of aliphatic hydroxyl groups excluding tert-OH is 1. The minimum absolute atomic E-state index is 0.425. The summed E-state index contributed by atoms with van der Waals surface area (Å²) in [6, 6.07) is 3.17. The topological polar surface area (TPSA) is 110 Å². The van der Waals surface area contributed by atoms with Crippen LogP contribution < -0.4 is 5.32 Å². The molecular weight excluding hydrogens is 317 g/mol. The number of halogens is 3. The van der Waals surface area contributed by atoms with Gasteiger partial charge in [0.05, 0.1) is 4.92 Å². The number of rotatable bonds is 5. The Kier molecular flexibility index (Phi) is 4.79. The van der Waals surface area contributed by atoms with Crippen LogP contribution in [0, 0.1) is 10.1 Å². The van der Waals surface area contributed by atoms with Gasteiger partial charge in [-0.25, -0.2) is 8.42 Å². The Morgan fingerprint density at radius 3 is 2.43 bits per heavy atom. The summed E-state index contributed by atoms with van der Waals surface area (Å²) in [5.74, 6) is 0. The molecule has 7 nitrogen and oxygen atoms in total. The van der Waals surface area contributed by atoms with E-state index in [4.69, 9.17) is 5.11 Å². The van der Waals surface area contributed by atoms with Gasteiger partial charge in [0, 0.05) is 12.8 Å². The first-order chi connectivity index (χ1) is 9.44. The van der Waals surface area contributed by atoms with Crippen molar-refractivity contribution in [3.05, 3.63) is 28.3 Å². The molecular formula is C10H11F3N2O5S. The van der Waals surface area contributed by atoms with E-state index in [0.717, 1.165) is 24.5 Å². The lowest BCUT2D eigenvalue weighted by molar-refractivity contribution is -0.386. The molecule has 0 saturated carbocycles. The SMILES string of the molecule is CS(=O)(=O)c1cccc(NCC(O)C(F)(F)F)c1[N+](=O)[O-]. The lowest BCUT2D eigenvalue weighted by Gasteiger charge is -2.16. The number of sulfone groups is 1. The second-order valence-corrected chi connectivity index (χ2v) is 6.10. The van der Waals surface area contributed by atoms with E-state index in [-0.39, 0.29) is 0 Å². The van der Waals surface area contributed by atoms with Gasteiger partial charge in [0.15, 0.2) is 15.9 Å². The molecule has 0 aromatic heterocycles. The van der Waals surface area contributed by atoms with Gasteiger partial charge in [-0.2, -0.15) is 13.2 Å². The summed E-state index contributed by atoms with van der Waals surface area (Å²) in [6.45, 7) is -1.04. The highest BCUT2D eigenvalue weighted by molar-refractivity contribution is 7.90.